The van der Waals surface area contributed by atoms with Crippen molar-refractivity contribution >= 4 is 40.9 Å². The van der Waals surface area contributed by atoms with Crippen LogP contribution >= 0.6 is 0 Å². The summed E-state index contributed by atoms with van der Waals surface area (Å²) in [6.45, 7) is 7.89. The molecular weight excluding hydrogens is 426 g/mol. The minimum atomic E-state index is -1.17. The van der Waals surface area contributed by atoms with Gasteiger partial charge in [0.05, 0.1) is 16.9 Å². The van der Waals surface area contributed by atoms with Gasteiger partial charge in [0.1, 0.15) is 11.1 Å². The molecular formula is C24H27N3O6. The Bertz CT molecular complexity index is 1100. The predicted molar refractivity (Wildman–Crippen MR) is 123 cm³/mol. The van der Waals surface area contributed by atoms with E-state index in [0.29, 0.717) is 17.1 Å². The molecule has 0 aliphatic carbocycles. The minimum Gasteiger partial charge on any atom is -0.452 e. The molecule has 1 aliphatic heterocycles. The van der Waals surface area contributed by atoms with E-state index in [9.17, 15) is 19.2 Å². The summed E-state index contributed by atoms with van der Waals surface area (Å²) < 4.78 is 10.4. The Morgan fingerprint density at radius 1 is 1.06 bits per heavy atom. The van der Waals surface area contributed by atoms with Crippen LogP contribution in [0.4, 0.5) is 21.9 Å². The Balaban J connectivity index is 1.69. The molecule has 2 aromatic rings. The van der Waals surface area contributed by atoms with Crippen LogP contribution in [0, 0.1) is 0 Å². The standard InChI is InChI=1S/C24H27N3O6/c1-23(2,3)33-22(31)25-16-10-8-9-15(13-16)20(29)32-14-19(28)27-18-12-7-6-11-17(18)26-21(30)24(27,4)5/h6-13H,14H2,1-5H3,(H,25,31)(H,26,30). The number of anilines is 3. The second-order valence-electron chi connectivity index (χ2n) is 9.04. The molecule has 2 N–H and O–H groups in total. The van der Waals surface area contributed by atoms with Crippen LogP contribution in [-0.4, -0.2) is 41.6 Å². The fourth-order valence-corrected chi connectivity index (χ4v) is 3.32. The highest BCUT2D eigenvalue weighted by atomic mass is 16.6. The first-order chi connectivity index (χ1) is 15.4. The molecule has 0 spiro atoms. The first kappa shape index (κ1) is 23.8. The molecule has 2 aromatic carbocycles. The van der Waals surface area contributed by atoms with Gasteiger partial charge in [0.25, 0.3) is 5.91 Å². The Morgan fingerprint density at radius 2 is 1.76 bits per heavy atom. The van der Waals surface area contributed by atoms with Gasteiger partial charge in [0, 0.05) is 5.69 Å². The van der Waals surface area contributed by atoms with Crippen LogP contribution in [-0.2, 0) is 19.1 Å². The van der Waals surface area contributed by atoms with E-state index in [0.717, 1.165) is 0 Å². The van der Waals surface area contributed by atoms with Crippen LogP contribution < -0.4 is 15.5 Å². The number of carbonyl (C=O) groups is 4. The smallest absolute Gasteiger partial charge is 0.412 e. The lowest BCUT2D eigenvalue weighted by Crippen LogP contribution is -2.59. The summed E-state index contributed by atoms with van der Waals surface area (Å²) in [4.78, 5) is 51.3. The van der Waals surface area contributed by atoms with Gasteiger partial charge in [-0.25, -0.2) is 9.59 Å². The molecule has 1 heterocycles. The molecule has 0 saturated heterocycles. The van der Waals surface area contributed by atoms with Gasteiger partial charge in [-0.15, -0.1) is 0 Å². The Morgan fingerprint density at radius 3 is 2.45 bits per heavy atom. The lowest BCUT2D eigenvalue weighted by molar-refractivity contribution is -0.128. The van der Waals surface area contributed by atoms with Gasteiger partial charge in [0.2, 0.25) is 5.91 Å². The molecule has 174 valence electrons. The molecule has 0 bridgehead atoms. The third-order valence-electron chi connectivity index (χ3n) is 4.83. The van der Waals surface area contributed by atoms with E-state index < -0.39 is 35.7 Å². The maximum atomic E-state index is 13.0. The Hall–Kier alpha value is -3.88. The summed E-state index contributed by atoms with van der Waals surface area (Å²) in [6, 6.07) is 13.0. The van der Waals surface area contributed by atoms with E-state index in [2.05, 4.69) is 10.6 Å². The number of carbonyl (C=O) groups excluding carboxylic acids is 4. The van der Waals surface area contributed by atoms with Crippen molar-refractivity contribution in [2.24, 2.45) is 0 Å². The first-order valence-electron chi connectivity index (χ1n) is 10.4. The number of benzene rings is 2. The monoisotopic (exact) mass is 453 g/mol. The average molecular weight is 453 g/mol. The normalized spacial score (nSPS) is 14.6. The van der Waals surface area contributed by atoms with Crippen LogP contribution in [0.3, 0.4) is 0 Å². The molecule has 0 saturated carbocycles. The Labute approximate surface area is 192 Å². The predicted octanol–water partition coefficient (Wildman–Crippen LogP) is 3.95. The highest BCUT2D eigenvalue weighted by Gasteiger charge is 2.43. The van der Waals surface area contributed by atoms with Gasteiger partial charge in [-0.2, -0.15) is 0 Å². The van der Waals surface area contributed by atoms with Crippen molar-refractivity contribution in [2.45, 2.75) is 45.8 Å². The van der Waals surface area contributed by atoms with Gasteiger partial charge in [0.15, 0.2) is 6.61 Å². The van der Waals surface area contributed by atoms with E-state index in [1.165, 1.54) is 17.0 Å². The summed E-state index contributed by atoms with van der Waals surface area (Å²) in [7, 11) is 0. The zero-order valence-electron chi connectivity index (χ0n) is 19.2. The van der Waals surface area contributed by atoms with E-state index >= 15 is 0 Å². The molecule has 3 amide bonds. The molecule has 9 nitrogen and oxygen atoms in total. The quantitative estimate of drug-likeness (QED) is 0.678. The molecule has 3 rings (SSSR count). The van der Waals surface area contributed by atoms with Crippen molar-refractivity contribution in [3.63, 3.8) is 0 Å². The largest absolute Gasteiger partial charge is 0.452 e. The first-order valence-corrected chi connectivity index (χ1v) is 10.4. The van der Waals surface area contributed by atoms with E-state index in [4.69, 9.17) is 9.47 Å². The third-order valence-corrected chi connectivity index (χ3v) is 4.83. The number of hydrogen-bond acceptors (Lipinski definition) is 6. The molecule has 0 unspecified atom stereocenters. The van der Waals surface area contributed by atoms with E-state index in [-0.39, 0.29) is 11.5 Å². The molecule has 0 fully saturated rings. The van der Waals surface area contributed by atoms with Crippen LogP contribution in [0.2, 0.25) is 0 Å². The molecule has 0 aromatic heterocycles. The maximum Gasteiger partial charge on any atom is 0.412 e. The van der Waals surface area contributed by atoms with Crippen molar-refractivity contribution in [1.29, 1.82) is 0 Å². The van der Waals surface area contributed by atoms with Crippen molar-refractivity contribution in [1.82, 2.24) is 0 Å². The van der Waals surface area contributed by atoms with Crippen molar-refractivity contribution in [2.75, 3.05) is 22.1 Å². The number of ether oxygens (including phenoxy) is 2. The van der Waals surface area contributed by atoms with Gasteiger partial charge >= 0.3 is 12.1 Å². The van der Waals surface area contributed by atoms with Gasteiger partial charge in [-0.3, -0.25) is 19.8 Å². The number of hydrogen-bond donors (Lipinski definition) is 2. The molecule has 0 atom stereocenters. The summed E-state index contributed by atoms with van der Waals surface area (Å²) >= 11 is 0. The number of nitrogens with one attached hydrogen (secondary N) is 2. The second-order valence-corrected chi connectivity index (χ2v) is 9.04. The van der Waals surface area contributed by atoms with E-state index in [1.54, 1.807) is 71.0 Å². The lowest BCUT2D eigenvalue weighted by atomic mass is 9.96. The van der Waals surface area contributed by atoms with Gasteiger partial charge in [-0.05, 0) is 65.0 Å². The van der Waals surface area contributed by atoms with Crippen molar-refractivity contribution in [3.05, 3.63) is 54.1 Å². The zero-order valence-corrected chi connectivity index (χ0v) is 19.2. The van der Waals surface area contributed by atoms with Crippen LogP contribution in [0.25, 0.3) is 0 Å². The van der Waals surface area contributed by atoms with Crippen molar-refractivity contribution in [3.8, 4) is 0 Å². The summed E-state index contributed by atoms with van der Waals surface area (Å²) in [6.07, 6.45) is -0.660. The number of esters is 1. The Kier molecular flexibility index (Phi) is 6.44. The zero-order chi connectivity index (χ0) is 24.4. The topological polar surface area (TPSA) is 114 Å². The van der Waals surface area contributed by atoms with E-state index in [1.807, 2.05) is 0 Å². The van der Waals surface area contributed by atoms with Gasteiger partial charge in [-0.1, -0.05) is 18.2 Å². The third kappa shape index (κ3) is 5.49. The molecule has 33 heavy (non-hydrogen) atoms. The van der Waals surface area contributed by atoms with Crippen molar-refractivity contribution < 1.29 is 28.7 Å². The fourth-order valence-electron chi connectivity index (χ4n) is 3.32. The number of amides is 3. The summed E-state index contributed by atoms with van der Waals surface area (Å²) in [5.74, 6) is -1.63. The lowest BCUT2D eigenvalue weighted by Gasteiger charge is -2.41. The van der Waals surface area contributed by atoms with Gasteiger partial charge < -0.3 is 14.8 Å². The second kappa shape index (κ2) is 8.93. The minimum absolute atomic E-state index is 0.146. The summed E-state index contributed by atoms with van der Waals surface area (Å²) in [5.41, 5.74) is -0.331. The number of para-hydroxylation sites is 2. The summed E-state index contributed by atoms with van der Waals surface area (Å²) in [5, 5.41) is 5.32. The fraction of sp³-hybridized carbons (Fsp3) is 0.333. The number of fused-ring (bicyclic) bond motifs is 1. The van der Waals surface area contributed by atoms with Crippen LogP contribution in [0.15, 0.2) is 48.5 Å². The van der Waals surface area contributed by atoms with Crippen LogP contribution in [0.5, 0.6) is 0 Å². The highest BCUT2D eigenvalue weighted by Crippen LogP contribution is 2.36. The number of rotatable bonds is 4. The molecule has 1 aliphatic rings. The van der Waals surface area contributed by atoms with Crippen LogP contribution in [0.1, 0.15) is 45.0 Å². The molecule has 0 radical (unpaired) electrons. The molecule has 9 heteroatoms. The highest BCUT2D eigenvalue weighted by molar-refractivity contribution is 6.14. The maximum absolute atomic E-state index is 13.0. The SMILES string of the molecule is CC(C)(C)OC(=O)Nc1cccc(C(=O)OCC(=O)N2c3ccccc3NC(=O)C2(C)C)c1. The average Bonchev–Trinajstić information content (AvgIpc) is 2.71. The number of nitrogens with zero attached hydrogens (tertiary/aromatic N) is 1.